The maximum atomic E-state index is 13.6. The monoisotopic (exact) mass is 558 g/mol. The minimum absolute atomic E-state index is 0.0454. The predicted octanol–water partition coefficient (Wildman–Crippen LogP) is 5.60. The maximum absolute atomic E-state index is 13.6. The van der Waals surface area contributed by atoms with E-state index in [0.29, 0.717) is 25.9 Å². The third-order valence-corrected chi connectivity index (χ3v) is 7.47. The molecule has 2 N–H and O–H groups in total. The van der Waals surface area contributed by atoms with Gasteiger partial charge in [-0.15, -0.1) is 0 Å². The molecule has 0 bridgehead atoms. The van der Waals surface area contributed by atoms with Crippen LogP contribution in [0.15, 0.2) is 78.9 Å². The Morgan fingerprint density at radius 3 is 2.12 bits per heavy atom. The molecule has 3 aromatic carbocycles. The number of carbonyl (C=O) groups is 3. The van der Waals surface area contributed by atoms with Gasteiger partial charge in [0, 0.05) is 25.4 Å². The van der Waals surface area contributed by atoms with Gasteiger partial charge in [0.25, 0.3) is 0 Å². The fraction of sp³-hybridized carbons (Fsp3) is 0.364. The van der Waals surface area contributed by atoms with Gasteiger partial charge < -0.3 is 24.8 Å². The smallest absolute Gasteiger partial charge is 0.407 e. The van der Waals surface area contributed by atoms with Crippen LogP contribution in [-0.2, 0) is 25.7 Å². The van der Waals surface area contributed by atoms with Crippen molar-refractivity contribution in [1.82, 2.24) is 10.2 Å². The molecular formula is C33H38N2O6. The van der Waals surface area contributed by atoms with Gasteiger partial charge in [-0.3, -0.25) is 9.59 Å². The Hall–Kier alpha value is -4.17. The molecule has 0 heterocycles. The Balaban J connectivity index is 1.44. The predicted molar refractivity (Wildman–Crippen MR) is 156 cm³/mol. The van der Waals surface area contributed by atoms with Gasteiger partial charge in [-0.2, -0.15) is 0 Å². The first-order chi connectivity index (χ1) is 19.9. The van der Waals surface area contributed by atoms with Crippen LogP contribution in [0.2, 0.25) is 0 Å². The van der Waals surface area contributed by atoms with E-state index in [4.69, 9.17) is 14.6 Å². The van der Waals surface area contributed by atoms with Gasteiger partial charge in [-0.1, -0.05) is 78.9 Å². The summed E-state index contributed by atoms with van der Waals surface area (Å²) < 4.78 is 11.8. The number of carboxylic acid groups (broad SMARTS) is 1. The third-order valence-electron chi connectivity index (χ3n) is 7.47. The van der Waals surface area contributed by atoms with E-state index in [1.54, 1.807) is 11.8 Å². The van der Waals surface area contributed by atoms with Gasteiger partial charge in [-0.25, -0.2) is 4.79 Å². The normalized spacial score (nSPS) is 13.5. The zero-order valence-electron chi connectivity index (χ0n) is 23.6. The average molecular weight is 559 g/mol. The molecule has 2 amide bonds. The number of carboxylic acids is 1. The number of benzene rings is 3. The lowest BCUT2D eigenvalue weighted by Crippen LogP contribution is -2.54. The largest absolute Gasteiger partial charge is 0.481 e. The highest BCUT2D eigenvalue weighted by atomic mass is 16.5. The molecule has 0 fully saturated rings. The van der Waals surface area contributed by atoms with Crippen molar-refractivity contribution in [2.24, 2.45) is 0 Å². The second kappa shape index (κ2) is 14.5. The average Bonchev–Trinajstić information content (AvgIpc) is 3.31. The molecule has 0 aliphatic heterocycles. The zero-order valence-corrected chi connectivity index (χ0v) is 23.6. The molecule has 8 heteroatoms. The summed E-state index contributed by atoms with van der Waals surface area (Å²) in [7, 11) is 0. The fourth-order valence-electron chi connectivity index (χ4n) is 5.24. The number of unbranched alkanes of at least 4 members (excludes halogenated alkanes) is 1. The highest BCUT2D eigenvalue weighted by Gasteiger charge is 2.33. The van der Waals surface area contributed by atoms with Gasteiger partial charge in [0.2, 0.25) is 5.91 Å². The molecule has 0 saturated carbocycles. The van der Waals surface area contributed by atoms with Gasteiger partial charge in [0.1, 0.15) is 12.6 Å². The highest BCUT2D eigenvalue weighted by molar-refractivity contribution is 5.86. The lowest BCUT2D eigenvalue weighted by Gasteiger charge is -2.30. The van der Waals surface area contributed by atoms with Crippen LogP contribution in [0.4, 0.5) is 4.79 Å². The van der Waals surface area contributed by atoms with Crippen LogP contribution >= 0.6 is 0 Å². The Bertz CT molecular complexity index is 1280. The number of likely N-dealkylation sites (N-methyl/N-ethyl adjacent to an activating group) is 1. The van der Waals surface area contributed by atoms with Crippen molar-refractivity contribution in [2.75, 3.05) is 19.7 Å². The number of hydrogen-bond acceptors (Lipinski definition) is 5. The van der Waals surface area contributed by atoms with Crippen molar-refractivity contribution in [3.8, 4) is 11.1 Å². The molecule has 0 spiro atoms. The van der Waals surface area contributed by atoms with Gasteiger partial charge in [0.15, 0.2) is 0 Å². The van der Waals surface area contributed by atoms with Crippen LogP contribution in [-0.4, -0.2) is 59.8 Å². The van der Waals surface area contributed by atoms with E-state index >= 15 is 0 Å². The van der Waals surface area contributed by atoms with Crippen molar-refractivity contribution >= 4 is 18.0 Å². The summed E-state index contributed by atoms with van der Waals surface area (Å²) in [6.07, 6.45) is -0.283. The number of nitrogens with one attached hydrogen (secondary N) is 1. The molecular weight excluding hydrogens is 520 g/mol. The first kappa shape index (κ1) is 29.8. The second-order valence-electron chi connectivity index (χ2n) is 10.2. The number of carbonyl (C=O) groups excluding carboxylic acids is 2. The molecule has 8 nitrogen and oxygen atoms in total. The van der Waals surface area contributed by atoms with Crippen LogP contribution in [0, 0.1) is 0 Å². The van der Waals surface area contributed by atoms with Gasteiger partial charge in [-0.05, 0) is 54.5 Å². The van der Waals surface area contributed by atoms with Crippen molar-refractivity contribution in [3.05, 3.63) is 95.6 Å². The summed E-state index contributed by atoms with van der Waals surface area (Å²) in [5, 5.41) is 11.7. The lowest BCUT2D eigenvalue weighted by atomic mass is 9.98. The summed E-state index contributed by atoms with van der Waals surface area (Å²) in [6.45, 7) is 4.83. The van der Waals surface area contributed by atoms with Crippen LogP contribution in [0.25, 0.3) is 11.1 Å². The van der Waals surface area contributed by atoms with E-state index in [2.05, 4.69) is 29.6 Å². The summed E-state index contributed by atoms with van der Waals surface area (Å²) in [4.78, 5) is 39.3. The maximum Gasteiger partial charge on any atom is 0.407 e. The first-order valence-corrected chi connectivity index (χ1v) is 14.2. The summed E-state index contributed by atoms with van der Waals surface area (Å²) in [5.41, 5.74) is 5.43. The standard InChI is InChI=1S/C33H38N2O6/c1-3-35(20-12-11-19-30(36)37)32(38)31(23(2)40-21-24-13-5-4-6-14-24)34-33(39)41-22-29-27-17-9-7-15-25(27)26-16-8-10-18-28(26)29/h4-10,13-18,23,29,31H,3,11-12,19-22H2,1-2H3,(H,34,39)(H,36,37). The first-order valence-electron chi connectivity index (χ1n) is 14.2. The lowest BCUT2D eigenvalue weighted by molar-refractivity contribution is -0.137. The minimum Gasteiger partial charge on any atom is -0.481 e. The molecule has 0 radical (unpaired) electrons. The van der Waals surface area contributed by atoms with E-state index in [9.17, 15) is 14.4 Å². The SMILES string of the molecule is CCN(CCCCC(=O)O)C(=O)C(NC(=O)OCC1c2ccccc2-c2ccccc21)C(C)OCc1ccccc1. The van der Waals surface area contributed by atoms with Gasteiger partial charge >= 0.3 is 12.1 Å². The molecule has 0 aromatic heterocycles. The summed E-state index contributed by atoms with van der Waals surface area (Å²) >= 11 is 0. The van der Waals surface area contributed by atoms with Gasteiger partial charge in [0.05, 0.1) is 12.7 Å². The number of hydrogen-bond donors (Lipinski definition) is 2. The zero-order chi connectivity index (χ0) is 29.2. The summed E-state index contributed by atoms with van der Waals surface area (Å²) in [5.74, 6) is -1.26. The van der Waals surface area contributed by atoms with Crippen molar-refractivity contribution in [3.63, 3.8) is 0 Å². The number of rotatable bonds is 14. The number of aliphatic carboxylic acids is 1. The topological polar surface area (TPSA) is 105 Å². The molecule has 41 heavy (non-hydrogen) atoms. The Morgan fingerprint density at radius 2 is 1.51 bits per heavy atom. The van der Waals surface area contributed by atoms with E-state index in [1.165, 1.54) is 0 Å². The molecule has 3 aromatic rings. The molecule has 1 aliphatic rings. The second-order valence-corrected chi connectivity index (χ2v) is 10.2. The molecule has 4 rings (SSSR count). The molecule has 0 saturated heterocycles. The number of ether oxygens (including phenoxy) is 2. The van der Waals surface area contributed by atoms with E-state index in [0.717, 1.165) is 27.8 Å². The molecule has 2 unspecified atom stereocenters. The van der Waals surface area contributed by atoms with Crippen molar-refractivity contribution < 1.29 is 29.0 Å². The highest BCUT2D eigenvalue weighted by Crippen LogP contribution is 2.44. The Morgan fingerprint density at radius 1 is 0.902 bits per heavy atom. The molecule has 1 aliphatic carbocycles. The van der Waals surface area contributed by atoms with E-state index in [1.807, 2.05) is 61.5 Å². The minimum atomic E-state index is -0.978. The quantitative estimate of drug-likeness (QED) is 0.250. The number of amides is 2. The van der Waals surface area contributed by atoms with Crippen molar-refractivity contribution in [2.45, 2.75) is 57.8 Å². The van der Waals surface area contributed by atoms with E-state index < -0.39 is 24.2 Å². The molecule has 216 valence electrons. The van der Waals surface area contributed by atoms with Crippen LogP contribution in [0.1, 0.15) is 55.7 Å². The van der Waals surface area contributed by atoms with Crippen LogP contribution in [0.3, 0.4) is 0 Å². The fourth-order valence-corrected chi connectivity index (χ4v) is 5.24. The van der Waals surface area contributed by atoms with E-state index in [-0.39, 0.29) is 31.5 Å². The number of fused-ring (bicyclic) bond motifs is 3. The Kier molecular flexibility index (Phi) is 10.5. The van der Waals surface area contributed by atoms with Crippen LogP contribution in [0.5, 0.6) is 0 Å². The number of nitrogens with zero attached hydrogens (tertiary/aromatic N) is 1. The van der Waals surface area contributed by atoms with Crippen molar-refractivity contribution in [1.29, 1.82) is 0 Å². The number of alkyl carbamates (subject to hydrolysis) is 1. The summed E-state index contributed by atoms with van der Waals surface area (Å²) in [6, 6.07) is 24.8. The van der Waals surface area contributed by atoms with Crippen LogP contribution < -0.4 is 5.32 Å². The molecule has 2 atom stereocenters. The Labute approximate surface area is 241 Å². The third kappa shape index (κ3) is 7.73.